The Balaban J connectivity index is 1.35. The number of ether oxygens (including phenoxy) is 1. The van der Waals surface area contributed by atoms with Crippen LogP contribution in [0.25, 0.3) is 44.8 Å². The average molecular weight is 583 g/mol. The molecule has 10 heteroatoms. The molecule has 4 heterocycles. The molecular weight excluding hydrogens is 547 g/mol. The van der Waals surface area contributed by atoms with Crippen LogP contribution in [0.1, 0.15) is 35.2 Å². The van der Waals surface area contributed by atoms with E-state index in [0.29, 0.717) is 29.3 Å². The first-order valence-corrected chi connectivity index (χ1v) is 14.7. The number of aromatic hydroxyl groups is 1. The number of nitrogens with zero attached hydrogens (tertiary/aromatic N) is 5. The van der Waals surface area contributed by atoms with Gasteiger partial charge in [0.1, 0.15) is 28.8 Å². The standard InChI is InChI=1S/C33H35FN6O3/c1-18-4-8-24(41)14-25(18)26-9-7-20-11-28(40(31(20)36-26)15-19-5-6-19)32-37-27-10-21(12-29(43-3)30(27)38(32)2)33(42)39-16-22(34)13-23(35)17-39/h4,7-12,14,19,22-23,41H,5-6,13,15-17,35H2,1-3H3/t22-,23-/m1/s1. The molecule has 222 valence electrons. The Morgan fingerprint density at radius 2 is 1.93 bits per heavy atom. The normalized spacial score (nSPS) is 19.0. The van der Waals surface area contributed by atoms with Gasteiger partial charge in [0, 0.05) is 42.7 Å². The van der Waals surface area contributed by atoms with Crippen molar-refractivity contribution < 1.29 is 19.0 Å². The van der Waals surface area contributed by atoms with Crippen molar-refractivity contribution in [3.63, 3.8) is 0 Å². The van der Waals surface area contributed by atoms with Gasteiger partial charge in [-0.25, -0.2) is 14.4 Å². The minimum Gasteiger partial charge on any atom is -0.508 e. The van der Waals surface area contributed by atoms with Crippen molar-refractivity contribution in [3.05, 3.63) is 59.7 Å². The molecule has 7 rings (SSSR count). The van der Waals surface area contributed by atoms with E-state index in [1.807, 2.05) is 30.7 Å². The first-order valence-electron chi connectivity index (χ1n) is 14.7. The molecule has 2 atom stereocenters. The van der Waals surface area contributed by atoms with Crippen molar-refractivity contribution in [2.24, 2.45) is 18.7 Å². The zero-order valence-electron chi connectivity index (χ0n) is 24.5. The Morgan fingerprint density at radius 3 is 2.67 bits per heavy atom. The molecule has 5 aromatic rings. The number of phenolic OH excluding ortho intramolecular Hbond substituents is 1. The third-order valence-corrected chi connectivity index (χ3v) is 8.73. The van der Waals surface area contributed by atoms with Gasteiger partial charge in [-0.1, -0.05) is 6.07 Å². The van der Waals surface area contributed by atoms with Gasteiger partial charge in [0.2, 0.25) is 0 Å². The number of methoxy groups -OCH3 is 1. The van der Waals surface area contributed by atoms with Crippen molar-refractivity contribution in [3.8, 4) is 34.3 Å². The van der Waals surface area contributed by atoms with Gasteiger partial charge in [-0.15, -0.1) is 0 Å². The number of benzene rings is 2. The summed E-state index contributed by atoms with van der Waals surface area (Å²) in [5.74, 6) is 1.74. The van der Waals surface area contributed by atoms with Crippen LogP contribution in [0.5, 0.6) is 11.5 Å². The Hall–Kier alpha value is -4.44. The molecule has 2 aromatic carbocycles. The number of carbonyl (C=O) groups excluding carboxylic acids is 1. The number of hydrogen-bond acceptors (Lipinski definition) is 6. The topological polar surface area (TPSA) is 111 Å². The molecule has 0 spiro atoms. The van der Waals surface area contributed by atoms with Crippen LogP contribution in [-0.4, -0.2) is 67.4 Å². The SMILES string of the molecule is COc1cc(C(=O)N2C[C@H](N)C[C@@H](F)C2)cc2nc(-c3cc4ccc(-c5cc(O)ccc5C)nc4n3CC3CC3)n(C)c12. The van der Waals surface area contributed by atoms with E-state index in [1.165, 1.54) is 17.7 Å². The number of halogens is 1. The summed E-state index contributed by atoms with van der Waals surface area (Å²) in [5.41, 5.74) is 12.3. The highest BCUT2D eigenvalue weighted by Gasteiger charge is 2.30. The molecule has 9 nitrogen and oxygen atoms in total. The molecule has 0 unspecified atom stereocenters. The van der Waals surface area contributed by atoms with Crippen LogP contribution < -0.4 is 10.5 Å². The van der Waals surface area contributed by atoms with Crippen LogP contribution in [0.15, 0.2) is 48.5 Å². The lowest BCUT2D eigenvalue weighted by atomic mass is 10.0. The van der Waals surface area contributed by atoms with Gasteiger partial charge in [0.15, 0.2) is 5.82 Å². The zero-order chi connectivity index (χ0) is 30.0. The minimum atomic E-state index is -1.14. The Labute approximate surface area is 248 Å². The van der Waals surface area contributed by atoms with Crippen LogP contribution in [0.4, 0.5) is 4.39 Å². The number of alkyl halides is 1. The number of pyridine rings is 1. The second-order valence-corrected chi connectivity index (χ2v) is 12.0. The molecule has 43 heavy (non-hydrogen) atoms. The second kappa shape index (κ2) is 10.4. The van der Waals surface area contributed by atoms with E-state index in [0.717, 1.165) is 51.4 Å². The highest BCUT2D eigenvalue weighted by Crippen LogP contribution is 2.38. The molecule has 1 aliphatic carbocycles. The Morgan fingerprint density at radius 1 is 1.12 bits per heavy atom. The van der Waals surface area contributed by atoms with Gasteiger partial charge >= 0.3 is 0 Å². The number of carbonyl (C=O) groups is 1. The maximum atomic E-state index is 14.2. The van der Waals surface area contributed by atoms with Crippen LogP contribution >= 0.6 is 0 Å². The summed E-state index contributed by atoms with van der Waals surface area (Å²) < 4.78 is 24.2. The van der Waals surface area contributed by atoms with Gasteiger partial charge in [0.05, 0.1) is 30.6 Å². The summed E-state index contributed by atoms with van der Waals surface area (Å²) in [6.07, 6.45) is 1.46. The molecule has 3 aromatic heterocycles. The molecule has 3 N–H and O–H groups in total. The third-order valence-electron chi connectivity index (χ3n) is 8.73. The number of hydrogen-bond donors (Lipinski definition) is 2. The molecule has 1 aliphatic heterocycles. The van der Waals surface area contributed by atoms with E-state index in [4.69, 9.17) is 20.4 Å². The number of piperidine rings is 1. The number of amides is 1. The summed E-state index contributed by atoms with van der Waals surface area (Å²) in [6.45, 7) is 3.17. The molecule has 0 radical (unpaired) electrons. The predicted octanol–water partition coefficient (Wildman–Crippen LogP) is 5.20. The number of likely N-dealkylation sites (tertiary alicyclic amines) is 1. The van der Waals surface area contributed by atoms with Crippen LogP contribution in [-0.2, 0) is 13.6 Å². The molecule has 2 fully saturated rings. The van der Waals surface area contributed by atoms with Gasteiger partial charge in [0.25, 0.3) is 5.91 Å². The predicted molar refractivity (Wildman–Crippen MR) is 164 cm³/mol. The Bertz CT molecular complexity index is 1880. The highest BCUT2D eigenvalue weighted by atomic mass is 19.1. The van der Waals surface area contributed by atoms with E-state index >= 15 is 0 Å². The first kappa shape index (κ1) is 27.4. The van der Waals surface area contributed by atoms with Crippen LogP contribution in [0.3, 0.4) is 0 Å². The van der Waals surface area contributed by atoms with E-state index in [-0.39, 0.29) is 24.6 Å². The summed E-state index contributed by atoms with van der Waals surface area (Å²) in [6, 6.07) is 14.6. The molecule has 1 amide bonds. The molecule has 1 saturated heterocycles. The fraction of sp³-hybridized carbons (Fsp3) is 0.364. The van der Waals surface area contributed by atoms with E-state index in [2.05, 4.69) is 16.7 Å². The van der Waals surface area contributed by atoms with E-state index in [1.54, 1.807) is 31.4 Å². The van der Waals surface area contributed by atoms with Crippen molar-refractivity contribution >= 4 is 28.0 Å². The maximum absolute atomic E-state index is 14.2. The number of phenols is 1. The van der Waals surface area contributed by atoms with Crippen molar-refractivity contribution in [1.82, 2.24) is 24.0 Å². The lowest BCUT2D eigenvalue weighted by Gasteiger charge is -2.33. The summed E-state index contributed by atoms with van der Waals surface area (Å²) in [5, 5.41) is 11.1. The van der Waals surface area contributed by atoms with Gasteiger partial charge < -0.3 is 29.6 Å². The second-order valence-electron chi connectivity index (χ2n) is 12.0. The van der Waals surface area contributed by atoms with Gasteiger partial charge in [-0.2, -0.15) is 0 Å². The van der Waals surface area contributed by atoms with Crippen LogP contribution in [0, 0.1) is 12.8 Å². The van der Waals surface area contributed by atoms with Gasteiger partial charge in [-0.05, 0) is 80.1 Å². The molecule has 1 saturated carbocycles. The smallest absolute Gasteiger partial charge is 0.254 e. The maximum Gasteiger partial charge on any atom is 0.254 e. The summed E-state index contributed by atoms with van der Waals surface area (Å²) >= 11 is 0. The number of fused-ring (bicyclic) bond motifs is 2. The largest absolute Gasteiger partial charge is 0.508 e. The minimum absolute atomic E-state index is 0.0265. The third kappa shape index (κ3) is 4.89. The highest BCUT2D eigenvalue weighted by molar-refractivity contribution is 6.00. The number of rotatable bonds is 6. The summed E-state index contributed by atoms with van der Waals surface area (Å²) in [7, 11) is 3.52. The monoisotopic (exact) mass is 582 g/mol. The van der Waals surface area contributed by atoms with Crippen LogP contribution in [0.2, 0.25) is 0 Å². The van der Waals surface area contributed by atoms with E-state index < -0.39 is 12.2 Å². The fourth-order valence-corrected chi connectivity index (χ4v) is 6.33. The number of nitrogens with two attached hydrogens (primary N) is 1. The number of imidazole rings is 1. The average Bonchev–Trinajstić information content (AvgIpc) is 3.66. The van der Waals surface area contributed by atoms with Gasteiger partial charge in [-0.3, -0.25) is 4.79 Å². The van der Waals surface area contributed by atoms with Crippen molar-refractivity contribution in [1.29, 1.82) is 0 Å². The van der Waals surface area contributed by atoms with Crippen molar-refractivity contribution in [2.45, 2.75) is 44.9 Å². The lowest BCUT2D eigenvalue weighted by Crippen LogP contribution is -2.50. The quantitative estimate of drug-likeness (QED) is 0.285. The van der Waals surface area contributed by atoms with E-state index in [9.17, 15) is 14.3 Å². The lowest BCUT2D eigenvalue weighted by molar-refractivity contribution is 0.0606. The number of aromatic nitrogens is 4. The van der Waals surface area contributed by atoms with Crippen molar-refractivity contribution in [2.75, 3.05) is 20.2 Å². The number of aryl methyl sites for hydroxylation is 2. The molecule has 0 bridgehead atoms. The zero-order valence-corrected chi connectivity index (χ0v) is 24.5. The molecule has 2 aliphatic rings. The summed E-state index contributed by atoms with van der Waals surface area (Å²) in [4.78, 5) is 25.0. The fourth-order valence-electron chi connectivity index (χ4n) is 6.33. The first-order chi connectivity index (χ1) is 20.7. The Kier molecular flexibility index (Phi) is 6.61. The molecular formula is C33H35FN6O3.